The predicted molar refractivity (Wildman–Crippen MR) is 70.0 cm³/mol. The normalized spacial score (nSPS) is 24.2. The maximum atomic E-state index is 12.4. The number of rotatable bonds is 3. The lowest BCUT2D eigenvalue weighted by atomic mass is 10.2. The molecule has 0 aromatic carbocycles. The fraction of sp³-hybridized carbons (Fsp3) is 0.462. The molecule has 0 spiro atoms. The summed E-state index contributed by atoms with van der Waals surface area (Å²) in [5.41, 5.74) is 0.542. The van der Waals surface area contributed by atoms with Crippen molar-refractivity contribution in [3.05, 3.63) is 24.2 Å². The Morgan fingerprint density at radius 3 is 2.81 bits per heavy atom. The summed E-state index contributed by atoms with van der Waals surface area (Å²) in [6, 6.07) is 4.66. The molecule has 2 unspecified atom stereocenters. The van der Waals surface area contributed by atoms with Crippen molar-refractivity contribution in [3.8, 4) is 11.5 Å². The minimum absolute atomic E-state index is 0.0639. The van der Waals surface area contributed by atoms with Crippen molar-refractivity contribution in [1.29, 1.82) is 0 Å². The van der Waals surface area contributed by atoms with Gasteiger partial charge in [-0.25, -0.2) is 4.98 Å². The van der Waals surface area contributed by atoms with Crippen LogP contribution in [0, 0.1) is 0 Å². The molecule has 2 fully saturated rings. The molecule has 0 aliphatic carbocycles. The van der Waals surface area contributed by atoms with Crippen LogP contribution in [0.3, 0.4) is 0 Å². The van der Waals surface area contributed by atoms with E-state index < -0.39 is 12.3 Å². The van der Waals surface area contributed by atoms with E-state index in [9.17, 15) is 8.78 Å². The highest BCUT2D eigenvalue weighted by atomic mass is 19.3. The Hall–Kier alpha value is -2.09. The van der Waals surface area contributed by atoms with Crippen molar-refractivity contribution < 1.29 is 13.2 Å². The predicted octanol–water partition coefficient (Wildman–Crippen LogP) is 1.62. The number of anilines is 1. The lowest BCUT2D eigenvalue weighted by Crippen LogP contribution is -2.43. The Labute approximate surface area is 119 Å². The third kappa shape index (κ3) is 2.15. The molecule has 0 saturated carbocycles. The molecule has 21 heavy (non-hydrogen) atoms. The third-order valence-corrected chi connectivity index (χ3v) is 3.97. The van der Waals surface area contributed by atoms with Crippen molar-refractivity contribution in [2.45, 2.75) is 24.9 Å². The van der Waals surface area contributed by atoms with Crippen LogP contribution < -0.4 is 10.2 Å². The van der Waals surface area contributed by atoms with Gasteiger partial charge in [-0.15, -0.1) is 10.2 Å². The number of hydrogen-bond acceptors (Lipinski definition) is 6. The van der Waals surface area contributed by atoms with E-state index in [1.807, 2.05) is 6.07 Å². The quantitative estimate of drug-likeness (QED) is 0.927. The van der Waals surface area contributed by atoms with E-state index >= 15 is 0 Å². The number of halogens is 2. The Kier molecular flexibility index (Phi) is 2.85. The number of piperazine rings is 1. The van der Waals surface area contributed by atoms with Crippen molar-refractivity contribution >= 4 is 5.82 Å². The van der Waals surface area contributed by atoms with Gasteiger partial charge in [0.2, 0.25) is 5.89 Å². The highest BCUT2D eigenvalue weighted by Crippen LogP contribution is 2.29. The monoisotopic (exact) mass is 293 g/mol. The van der Waals surface area contributed by atoms with E-state index in [4.69, 9.17) is 4.42 Å². The second-order valence-electron chi connectivity index (χ2n) is 5.30. The maximum Gasteiger partial charge on any atom is 0.314 e. The van der Waals surface area contributed by atoms with Crippen molar-refractivity contribution in [3.63, 3.8) is 0 Å². The zero-order valence-corrected chi connectivity index (χ0v) is 11.0. The Balaban J connectivity index is 1.55. The van der Waals surface area contributed by atoms with Crippen LogP contribution in [-0.2, 0) is 0 Å². The zero-order valence-electron chi connectivity index (χ0n) is 11.0. The summed E-state index contributed by atoms with van der Waals surface area (Å²) in [5, 5.41) is 10.4. The Morgan fingerprint density at radius 2 is 2.24 bits per heavy atom. The molecule has 2 atom stereocenters. The van der Waals surface area contributed by atoms with Gasteiger partial charge in [-0.2, -0.15) is 8.78 Å². The second-order valence-corrected chi connectivity index (χ2v) is 5.30. The van der Waals surface area contributed by atoms with Crippen LogP contribution >= 0.6 is 0 Å². The molecule has 2 aliphatic heterocycles. The summed E-state index contributed by atoms with van der Waals surface area (Å²) >= 11 is 0. The number of fused-ring (bicyclic) bond motifs is 2. The van der Waals surface area contributed by atoms with E-state index in [0.29, 0.717) is 17.6 Å². The van der Waals surface area contributed by atoms with Crippen LogP contribution in [0.1, 0.15) is 18.7 Å². The molecule has 4 rings (SSSR count). The molecule has 110 valence electrons. The largest absolute Gasteiger partial charge is 0.415 e. The highest BCUT2D eigenvalue weighted by Gasteiger charge is 2.38. The first-order valence-electron chi connectivity index (χ1n) is 6.78. The second kappa shape index (κ2) is 4.73. The highest BCUT2D eigenvalue weighted by molar-refractivity contribution is 5.55. The number of hydrogen-bond donors (Lipinski definition) is 1. The smallest absolute Gasteiger partial charge is 0.314 e. The Bertz CT molecular complexity index is 644. The first-order chi connectivity index (χ1) is 10.2. The number of alkyl halides is 2. The number of nitrogens with zero attached hydrogens (tertiary/aromatic N) is 4. The fourth-order valence-electron chi connectivity index (χ4n) is 2.96. The van der Waals surface area contributed by atoms with Gasteiger partial charge in [0.1, 0.15) is 5.82 Å². The molecular formula is C13H13F2N5O. The van der Waals surface area contributed by atoms with E-state index in [-0.39, 0.29) is 5.89 Å². The van der Waals surface area contributed by atoms with Crippen LogP contribution in [0.4, 0.5) is 14.6 Å². The number of nitrogens with one attached hydrogen (secondary N) is 1. The van der Waals surface area contributed by atoms with Crippen molar-refractivity contribution in [2.24, 2.45) is 0 Å². The SMILES string of the molecule is FC(F)c1nnc(-c2ccc(N3CC4CC3CN4)nc2)o1. The van der Waals surface area contributed by atoms with Gasteiger partial charge in [0, 0.05) is 31.4 Å². The van der Waals surface area contributed by atoms with Crippen LogP contribution in [0.15, 0.2) is 22.7 Å². The first kappa shape index (κ1) is 12.6. The molecule has 2 saturated heterocycles. The summed E-state index contributed by atoms with van der Waals surface area (Å²) < 4.78 is 29.8. The minimum Gasteiger partial charge on any atom is -0.415 e. The van der Waals surface area contributed by atoms with Crippen molar-refractivity contribution in [1.82, 2.24) is 20.5 Å². The summed E-state index contributed by atoms with van der Waals surface area (Å²) in [6.45, 7) is 1.93. The number of pyridine rings is 1. The van der Waals surface area contributed by atoms with E-state index in [1.165, 1.54) is 0 Å². The van der Waals surface area contributed by atoms with E-state index in [0.717, 1.165) is 25.3 Å². The molecule has 2 aromatic rings. The lowest BCUT2D eigenvalue weighted by Gasteiger charge is -2.28. The third-order valence-electron chi connectivity index (χ3n) is 3.97. The van der Waals surface area contributed by atoms with E-state index in [2.05, 4.69) is 25.4 Å². The van der Waals surface area contributed by atoms with Gasteiger partial charge in [-0.05, 0) is 18.6 Å². The molecular weight excluding hydrogens is 280 g/mol. The van der Waals surface area contributed by atoms with Crippen molar-refractivity contribution in [2.75, 3.05) is 18.0 Å². The lowest BCUT2D eigenvalue weighted by molar-refractivity contribution is 0.116. The summed E-state index contributed by atoms with van der Waals surface area (Å²) in [5.74, 6) is 0.285. The molecule has 8 heteroatoms. The van der Waals surface area contributed by atoms with Gasteiger partial charge >= 0.3 is 6.43 Å². The molecule has 0 radical (unpaired) electrons. The molecule has 1 N–H and O–H groups in total. The Morgan fingerprint density at radius 1 is 1.33 bits per heavy atom. The summed E-state index contributed by atoms with van der Waals surface area (Å²) in [7, 11) is 0. The average Bonchev–Trinajstić information content (AvgIpc) is 3.23. The van der Waals surface area contributed by atoms with Crippen LogP contribution in [0.5, 0.6) is 0 Å². The minimum atomic E-state index is -2.76. The van der Waals surface area contributed by atoms with Crippen LogP contribution in [0.25, 0.3) is 11.5 Å². The molecule has 2 aromatic heterocycles. The standard InChI is InChI=1S/C13H13F2N5O/c14-11(15)13-19-18-12(21-13)7-1-2-10(17-4-7)20-6-8-3-9(20)5-16-8/h1-2,4,8-9,11,16H,3,5-6H2. The van der Waals surface area contributed by atoms with Gasteiger partial charge in [0.25, 0.3) is 5.89 Å². The summed E-state index contributed by atoms with van der Waals surface area (Å²) in [6.07, 6.45) is -0.0337. The zero-order chi connectivity index (χ0) is 14.4. The molecule has 0 amide bonds. The average molecular weight is 293 g/mol. The fourth-order valence-corrected chi connectivity index (χ4v) is 2.96. The molecule has 2 aliphatic rings. The van der Waals surface area contributed by atoms with Crippen LogP contribution in [0.2, 0.25) is 0 Å². The van der Waals surface area contributed by atoms with Gasteiger partial charge in [0.15, 0.2) is 0 Å². The van der Waals surface area contributed by atoms with Gasteiger partial charge in [-0.3, -0.25) is 0 Å². The van der Waals surface area contributed by atoms with Gasteiger partial charge in [0.05, 0.1) is 5.56 Å². The molecule has 6 nitrogen and oxygen atoms in total. The van der Waals surface area contributed by atoms with E-state index in [1.54, 1.807) is 12.3 Å². The van der Waals surface area contributed by atoms with Gasteiger partial charge < -0.3 is 14.6 Å². The van der Waals surface area contributed by atoms with Crippen LogP contribution in [-0.4, -0.2) is 40.4 Å². The maximum absolute atomic E-state index is 12.4. The number of aromatic nitrogens is 3. The molecule has 4 heterocycles. The molecule has 2 bridgehead atoms. The summed E-state index contributed by atoms with van der Waals surface area (Å²) in [4.78, 5) is 6.66. The topological polar surface area (TPSA) is 67.1 Å². The first-order valence-corrected chi connectivity index (χ1v) is 6.78. The van der Waals surface area contributed by atoms with Gasteiger partial charge in [-0.1, -0.05) is 0 Å².